The minimum Gasteiger partial charge on any atom is -0.458 e. The van der Waals surface area contributed by atoms with Crippen LogP contribution in [0.4, 0.5) is 0 Å². The zero-order chi connectivity index (χ0) is 10.8. The lowest BCUT2D eigenvalue weighted by atomic mass is 10.2. The molecule has 1 aromatic rings. The second-order valence-corrected chi connectivity index (χ2v) is 4.14. The SMILES string of the molecule is Cc1nc(OC(C)(C)C)ncc1CO. The van der Waals surface area contributed by atoms with Crippen LogP contribution in [0.25, 0.3) is 0 Å². The van der Waals surface area contributed by atoms with Gasteiger partial charge in [0.25, 0.3) is 0 Å². The highest BCUT2D eigenvalue weighted by Crippen LogP contribution is 2.14. The normalized spacial score (nSPS) is 11.5. The first kappa shape index (κ1) is 10.9. The van der Waals surface area contributed by atoms with E-state index in [1.807, 2.05) is 27.7 Å². The van der Waals surface area contributed by atoms with E-state index in [1.54, 1.807) is 6.20 Å². The summed E-state index contributed by atoms with van der Waals surface area (Å²) >= 11 is 0. The lowest BCUT2D eigenvalue weighted by Gasteiger charge is -2.19. The average Bonchev–Trinajstić information content (AvgIpc) is 2.01. The zero-order valence-electron chi connectivity index (χ0n) is 9.03. The van der Waals surface area contributed by atoms with Gasteiger partial charge in [-0.1, -0.05) is 0 Å². The number of aromatic nitrogens is 2. The molecule has 1 aromatic heterocycles. The summed E-state index contributed by atoms with van der Waals surface area (Å²) in [5.74, 6) is 0. The topological polar surface area (TPSA) is 55.2 Å². The van der Waals surface area contributed by atoms with Gasteiger partial charge in [-0.3, -0.25) is 0 Å². The number of nitrogens with zero attached hydrogens (tertiary/aromatic N) is 2. The summed E-state index contributed by atoms with van der Waals surface area (Å²) in [5.41, 5.74) is 1.18. The fourth-order valence-corrected chi connectivity index (χ4v) is 0.949. The molecule has 0 aliphatic heterocycles. The van der Waals surface area contributed by atoms with Gasteiger partial charge in [0.2, 0.25) is 0 Å². The highest BCUT2D eigenvalue weighted by molar-refractivity contribution is 5.16. The summed E-state index contributed by atoms with van der Waals surface area (Å²) in [5, 5.41) is 8.92. The lowest BCUT2D eigenvalue weighted by Crippen LogP contribution is -2.24. The number of ether oxygens (including phenoxy) is 1. The lowest BCUT2D eigenvalue weighted by molar-refractivity contribution is 0.116. The maximum Gasteiger partial charge on any atom is 0.317 e. The van der Waals surface area contributed by atoms with Crippen LogP contribution in [0.2, 0.25) is 0 Å². The third-order valence-electron chi connectivity index (χ3n) is 1.63. The Balaban J connectivity index is 2.87. The standard InChI is InChI=1S/C10H16N2O2/c1-7-8(6-13)5-11-9(12-7)14-10(2,3)4/h5,13H,6H2,1-4H3. The molecule has 0 radical (unpaired) electrons. The third kappa shape index (κ3) is 2.96. The first-order chi connectivity index (χ1) is 6.42. The van der Waals surface area contributed by atoms with Gasteiger partial charge in [0.1, 0.15) is 5.60 Å². The van der Waals surface area contributed by atoms with Gasteiger partial charge in [0, 0.05) is 11.8 Å². The Morgan fingerprint density at radius 1 is 1.43 bits per heavy atom. The summed E-state index contributed by atoms with van der Waals surface area (Å²) < 4.78 is 5.48. The minimum atomic E-state index is -0.298. The maximum atomic E-state index is 8.92. The molecule has 4 heteroatoms. The molecule has 0 atom stereocenters. The molecule has 0 aliphatic rings. The van der Waals surface area contributed by atoms with Gasteiger partial charge in [0.15, 0.2) is 0 Å². The molecule has 1 heterocycles. The number of aryl methyl sites for hydroxylation is 1. The molecular formula is C10H16N2O2. The molecule has 0 bridgehead atoms. The zero-order valence-corrected chi connectivity index (χ0v) is 9.03. The number of aliphatic hydroxyl groups excluding tert-OH is 1. The van der Waals surface area contributed by atoms with Crippen molar-refractivity contribution in [1.82, 2.24) is 9.97 Å². The largest absolute Gasteiger partial charge is 0.458 e. The smallest absolute Gasteiger partial charge is 0.317 e. The van der Waals surface area contributed by atoms with Crippen LogP contribution in [0, 0.1) is 6.92 Å². The maximum absolute atomic E-state index is 8.92. The van der Waals surface area contributed by atoms with E-state index in [1.165, 1.54) is 0 Å². The van der Waals surface area contributed by atoms with Crippen LogP contribution >= 0.6 is 0 Å². The van der Waals surface area contributed by atoms with Gasteiger partial charge in [-0.2, -0.15) is 0 Å². The van der Waals surface area contributed by atoms with Crippen LogP contribution in [0.1, 0.15) is 32.0 Å². The van der Waals surface area contributed by atoms with Crippen molar-refractivity contribution >= 4 is 0 Å². The Morgan fingerprint density at radius 2 is 2.07 bits per heavy atom. The highest BCUT2D eigenvalue weighted by atomic mass is 16.5. The molecule has 78 valence electrons. The molecule has 0 unspecified atom stereocenters. The Bertz CT molecular complexity index is 318. The van der Waals surface area contributed by atoms with E-state index in [4.69, 9.17) is 9.84 Å². The second-order valence-electron chi connectivity index (χ2n) is 4.14. The van der Waals surface area contributed by atoms with Crippen molar-refractivity contribution in [3.63, 3.8) is 0 Å². The van der Waals surface area contributed by atoms with E-state index < -0.39 is 0 Å². The highest BCUT2D eigenvalue weighted by Gasteiger charge is 2.14. The summed E-state index contributed by atoms with van der Waals surface area (Å²) in [6, 6.07) is 0.354. The summed E-state index contributed by atoms with van der Waals surface area (Å²) in [4.78, 5) is 8.14. The molecule has 0 spiro atoms. The van der Waals surface area contributed by atoms with E-state index in [-0.39, 0.29) is 12.2 Å². The predicted octanol–water partition coefficient (Wildman–Crippen LogP) is 1.45. The predicted molar refractivity (Wildman–Crippen MR) is 53.1 cm³/mol. The number of hydrogen-bond donors (Lipinski definition) is 1. The van der Waals surface area contributed by atoms with Crippen molar-refractivity contribution in [3.05, 3.63) is 17.5 Å². The quantitative estimate of drug-likeness (QED) is 0.778. The van der Waals surface area contributed by atoms with Gasteiger partial charge in [-0.05, 0) is 27.7 Å². The van der Waals surface area contributed by atoms with Gasteiger partial charge < -0.3 is 9.84 Å². The Morgan fingerprint density at radius 3 is 2.50 bits per heavy atom. The molecular weight excluding hydrogens is 180 g/mol. The van der Waals surface area contributed by atoms with E-state index >= 15 is 0 Å². The van der Waals surface area contributed by atoms with Crippen molar-refractivity contribution in [1.29, 1.82) is 0 Å². The van der Waals surface area contributed by atoms with Gasteiger partial charge in [0.05, 0.1) is 12.3 Å². The summed E-state index contributed by atoms with van der Waals surface area (Å²) in [6.45, 7) is 7.59. The van der Waals surface area contributed by atoms with Crippen LogP contribution in [0.5, 0.6) is 6.01 Å². The van der Waals surface area contributed by atoms with Crippen LogP contribution in [-0.4, -0.2) is 20.7 Å². The first-order valence-electron chi connectivity index (χ1n) is 4.55. The average molecular weight is 196 g/mol. The van der Waals surface area contributed by atoms with E-state index in [2.05, 4.69) is 9.97 Å². The van der Waals surface area contributed by atoms with Crippen LogP contribution in [0.15, 0.2) is 6.20 Å². The van der Waals surface area contributed by atoms with Crippen LogP contribution < -0.4 is 4.74 Å². The molecule has 0 aliphatic carbocycles. The van der Waals surface area contributed by atoms with Gasteiger partial charge in [-0.15, -0.1) is 0 Å². The molecule has 0 aromatic carbocycles. The second kappa shape index (κ2) is 3.92. The van der Waals surface area contributed by atoms with Crippen LogP contribution in [-0.2, 0) is 6.61 Å². The Kier molecular flexibility index (Phi) is 3.06. The monoisotopic (exact) mass is 196 g/mol. The van der Waals surface area contributed by atoms with Crippen molar-refractivity contribution in [2.45, 2.75) is 39.9 Å². The molecule has 4 nitrogen and oxygen atoms in total. The summed E-state index contributed by atoms with van der Waals surface area (Å²) in [6.07, 6.45) is 1.59. The minimum absolute atomic E-state index is 0.0400. The van der Waals surface area contributed by atoms with Gasteiger partial charge >= 0.3 is 6.01 Å². The van der Waals surface area contributed by atoms with E-state index in [0.29, 0.717) is 6.01 Å². The van der Waals surface area contributed by atoms with Crippen molar-refractivity contribution in [2.24, 2.45) is 0 Å². The van der Waals surface area contributed by atoms with E-state index in [0.717, 1.165) is 11.3 Å². The first-order valence-corrected chi connectivity index (χ1v) is 4.55. The molecule has 0 amide bonds. The Hall–Kier alpha value is -1.16. The number of aliphatic hydroxyl groups is 1. The molecule has 0 saturated carbocycles. The van der Waals surface area contributed by atoms with E-state index in [9.17, 15) is 0 Å². The van der Waals surface area contributed by atoms with Crippen LogP contribution in [0.3, 0.4) is 0 Å². The summed E-state index contributed by atoms with van der Waals surface area (Å²) in [7, 11) is 0. The fraction of sp³-hybridized carbons (Fsp3) is 0.600. The molecule has 1 rings (SSSR count). The third-order valence-corrected chi connectivity index (χ3v) is 1.63. The van der Waals surface area contributed by atoms with Crippen molar-refractivity contribution in [2.75, 3.05) is 0 Å². The molecule has 1 N–H and O–H groups in total. The van der Waals surface area contributed by atoms with Crippen molar-refractivity contribution in [3.8, 4) is 6.01 Å². The molecule has 0 fully saturated rings. The number of rotatable bonds is 2. The Labute approximate surface area is 84.0 Å². The fourth-order valence-electron chi connectivity index (χ4n) is 0.949. The van der Waals surface area contributed by atoms with Crippen molar-refractivity contribution < 1.29 is 9.84 Å². The molecule has 0 saturated heterocycles. The number of hydrogen-bond acceptors (Lipinski definition) is 4. The molecule has 14 heavy (non-hydrogen) atoms. The van der Waals surface area contributed by atoms with Gasteiger partial charge in [-0.25, -0.2) is 9.97 Å².